The highest BCUT2D eigenvalue weighted by Crippen LogP contribution is 2.28. The Hall–Kier alpha value is -2.22. The number of hydrogen-bond acceptors (Lipinski definition) is 4. The molecule has 2 rings (SSSR count). The fraction of sp³-hybridized carbons (Fsp3) is 0.125. The summed E-state index contributed by atoms with van der Waals surface area (Å²) in [6, 6.07) is 14.3. The number of halogens is 2. The van der Waals surface area contributed by atoms with Gasteiger partial charge in [-0.1, -0.05) is 52.6 Å². The van der Waals surface area contributed by atoms with Crippen LogP contribution in [0.5, 0.6) is 5.75 Å². The SMILES string of the molecule is CON=C(C#N)c1ccccc1COc1cc(Cl)ccc1Cl. The molecule has 0 unspecified atom stereocenters. The number of benzene rings is 2. The van der Waals surface area contributed by atoms with E-state index >= 15 is 0 Å². The van der Waals surface area contributed by atoms with Crippen LogP contribution < -0.4 is 4.74 Å². The van der Waals surface area contributed by atoms with E-state index in [1.54, 1.807) is 24.3 Å². The van der Waals surface area contributed by atoms with Crippen molar-refractivity contribution in [2.75, 3.05) is 7.11 Å². The molecule has 0 aliphatic carbocycles. The van der Waals surface area contributed by atoms with Crippen LogP contribution in [0.1, 0.15) is 11.1 Å². The molecular weight excluding hydrogens is 323 g/mol. The van der Waals surface area contributed by atoms with Crippen molar-refractivity contribution in [1.82, 2.24) is 0 Å². The van der Waals surface area contributed by atoms with Gasteiger partial charge in [0.1, 0.15) is 25.5 Å². The molecular formula is C16H12Cl2N2O2. The third-order valence-electron chi connectivity index (χ3n) is 2.84. The lowest BCUT2D eigenvalue weighted by Gasteiger charge is -2.11. The Labute approximate surface area is 138 Å². The van der Waals surface area contributed by atoms with Crippen LogP contribution >= 0.6 is 23.2 Å². The van der Waals surface area contributed by atoms with E-state index in [0.29, 0.717) is 21.4 Å². The third-order valence-corrected chi connectivity index (χ3v) is 3.38. The Kier molecular flexibility index (Phi) is 5.65. The monoisotopic (exact) mass is 334 g/mol. The van der Waals surface area contributed by atoms with Crippen molar-refractivity contribution in [3.8, 4) is 11.8 Å². The van der Waals surface area contributed by atoms with Gasteiger partial charge in [-0.3, -0.25) is 0 Å². The quantitative estimate of drug-likeness (QED) is 0.599. The van der Waals surface area contributed by atoms with Crippen molar-refractivity contribution in [3.05, 3.63) is 63.6 Å². The van der Waals surface area contributed by atoms with E-state index in [-0.39, 0.29) is 12.3 Å². The summed E-state index contributed by atoms with van der Waals surface area (Å²) in [5.74, 6) is 0.478. The fourth-order valence-corrected chi connectivity index (χ4v) is 2.18. The van der Waals surface area contributed by atoms with Gasteiger partial charge in [0.05, 0.1) is 5.02 Å². The summed E-state index contributed by atoms with van der Waals surface area (Å²) < 4.78 is 5.70. The molecule has 4 nitrogen and oxygen atoms in total. The molecule has 0 atom stereocenters. The van der Waals surface area contributed by atoms with Crippen LogP contribution in [-0.4, -0.2) is 12.8 Å². The molecule has 0 bridgehead atoms. The Morgan fingerprint density at radius 1 is 1.23 bits per heavy atom. The molecule has 0 aromatic heterocycles. The number of nitrogens with zero attached hydrogens (tertiary/aromatic N) is 2. The summed E-state index contributed by atoms with van der Waals surface area (Å²) in [5.41, 5.74) is 1.61. The lowest BCUT2D eigenvalue weighted by Crippen LogP contribution is -2.06. The molecule has 22 heavy (non-hydrogen) atoms. The number of nitriles is 1. The minimum absolute atomic E-state index is 0.180. The van der Waals surface area contributed by atoms with Crippen LogP contribution in [0.15, 0.2) is 47.6 Å². The zero-order chi connectivity index (χ0) is 15.9. The minimum Gasteiger partial charge on any atom is -0.487 e. The van der Waals surface area contributed by atoms with Crippen molar-refractivity contribution < 1.29 is 9.57 Å². The summed E-state index contributed by atoms with van der Waals surface area (Å²) >= 11 is 12.0. The highest BCUT2D eigenvalue weighted by Gasteiger charge is 2.11. The van der Waals surface area contributed by atoms with Crippen molar-refractivity contribution in [2.24, 2.45) is 5.16 Å². The summed E-state index contributed by atoms with van der Waals surface area (Å²) in [6.07, 6.45) is 0. The molecule has 0 amide bonds. The van der Waals surface area contributed by atoms with Crippen LogP contribution in [0.4, 0.5) is 0 Å². The molecule has 2 aromatic rings. The molecule has 0 saturated heterocycles. The van der Waals surface area contributed by atoms with E-state index in [1.165, 1.54) is 7.11 Å². The van der Waals surface area contributed by atoms with E-state index in [2.05, 4.69) is 9.99 Å². The van der Waals surface area contributed by atoms with E-state index in [0.717, 1.165) is 5.56 Å². The summed E-state index contributed by atoms with van der Waals surface area (Å²) in [5, 5.41) is 13.9. The van der Waals surface area contributed by atoms with E-state index < -0.39 is 0 Å². The van der Waals surface area contributed by atoms with E-state index in [9.17, 15) is 0 Å². The van der Waals surface area contributed by atoms with Crippen LogP contribution in [0.25, 0.3) is 0 Å². The van der Waals surface area contributed by atoms with Crippen LogP contribution in [0.2, 0.25) is 10.0 Å². The van der Waals surface area contributed by atoms with Gasteiger partial charge in [0.25, 0.3) is 0 Å². The van der Waals surface area contributed by atoms with Gasteiger partial charge >= 0.3 is 0 Å². The fourth-order valence-electron chi connectivity index (χ4n) is 1.84. The van der Waals surface area contributed by atoms with Crippen molar-refractivity contribution in [3.63, 3.8) is 0 Å². The Morgan fingerprint density at radius 3 is 2.73 bits per heavy atom. The first-order chi connectivity index (χ1) is 10.7. The topological polar surface area (TPSA) is 54.6 Å². The van der Waals surface area contributed by atoms with Crippen molar-refractivity contribution >= 4 is 28.9 Å². The second kappa shape index (κ2) is 7.69. The van der Waals surface area contributed by atoms with Gasteiger partial charge in [0.15, 0.2) is 5.71 Å². The second-order valence-corrected chi connectivity index (χ2v) is 5.10. The zero-order valence-corrected chi connectivity index (χ0v) is 13.2. The van der Waals surface area contributed by atoms with Crippen LogP contribution in [-0.2, 0) is 11.4 Å². The van der Waals surface area contributed by atoms with Crippen LogP contribution in [0, 0.1) is 11.3 Å². The highest BCUT2D eigenvalue weighted by molar-refractivity contribution is 6.34. The Bertz CT molecular complexity index is 739. The van der Waals surface area contributed by atoms with Crippen LogP contribution in [0.3, 0.4) is 0 Å². The first-order valence-corrected chi connectivity index (χ1v) is 7.08. The van der Waals surface area contributed by atoms with Crippen molar-refractivity contribution in [2.45, 2.75) is 6.61 Å². The average molecular weight is 335 g/mol. The first-order valence-electron chi connectivity index (χ1n) is 6.33. The molecule has 0 saturated carbocycles. The van der Waals surface area contributed by atoms with Gasteiger partial charge in [-0.2, -0.15) is 5.26 Å². The molecule has 0 radical (unpaired) electrons. The van der Waals surface area contributed by atoms with Gasteiger partial charge < -0.3 is 9.57 Å². The number of ether oxygens (including phenoxy) is 1. The predicted molar refractivity (Wildman–Crippen MR) is 86.4 cm³/mol. The lowest BCUT2D eigenvalue weighted by molar-refractivity contribution is 0.214. The number of rotatable bonds is 5. The van der Waals surface area contributed by atoms with Gasteiger partial charge in [0.2, 0.25) is 0 Å². The molecule has 0 heterocycles. The maximum Gasteiger partial charge on any atom is 0.187 e. The summed E-state index contributed by atoms with van der Waals surface area (Å²) in [4.78, 5) is 4.69. The molecule has 0 N–H and O–H groups in total. The third kappa shape index (κ3) is 3.91. The molecule has 0 spiro atoms. The minimum atomic E-state index is 0.180. The average Bonchev–Trinajstić information content (AvgIpc) is 2.54. The largest absolute Gasteiger partial charge is 0.487 e. The summed E-state index contributed by atoms with van der Waals surface area (Å²) in [6.45, 7) is 0.223. The first kappa shape index (κ1) is 16.2. The molecule has 0 aliphatic rings. The number of oxime groups is 1. The maximum atomic E-state index is 9.16. The van der Waals surface area contributed by atoms with Gasteiger partial charge in [0, 0.05) is 16.7 Å². The predicted octanol–water partition coefficient (Wildman–Crippen LogP) is 4.45. The molecule has 0 fully saturated rings. The maximum absolute atomic E-state index is 9.16. The smallest absolute Gasteiger partial charge is 0.187 e. The Balaban J connectivity index is 2.26. The normalized spacial score (nSPS) is 10.9. The van der Waals surface area contributed by atoms with E-state index in [1.807, 2.05) is 24.3 Å². The Morgan fingerprint density at radius 2 is 2.00 bits per heavy atom. The van der Waals surface area contributed by atoms with Crippen molar-refractivity contribution in [1.29, 1.82) is 5.26 Å². The standard InChI is InChI=1S/C16H12Cl2N2O2/c1-21-20-15(9-19)13-5-3-2-4-11(13)10-22-16-8-12(17)6-7-14(16)18/h2-8H,10H2,1H3. The second-order valence-electron chi connectivity index (χ2n) is 4.25. The lowest BCUT2D eigenvalue weighted by atomic mass is 10.0. The molecule has 112 valence electrons. The van der Waals surface area contributed by atoms with Gasteiger partial charge in [-0.25, -0.2) is 0 Å². The molecule has 2 aromatic carbocycles. The molecule has 6 heteroatoms. The summed E-state index contributed by atoms with van der Waals surface area (Å²) in [7, 11) is 1.39. The van der Waals surface area contributed by atoms with E-state index in [4.69, 9.17) is 33.2 Å². The van der Waals surface area contributed by atoms with Gasteiger partial charge in [-0.15, -0.1) is 0 Å². The van der Waals surface area contributed by atoms with Gasteiger partial charge in [-0.05, 0) is 17.7 Å². The molecule has 0 aliphatic heterocycles. The zero-order valence-electron chi connectivity index (χ0n) is 11.7. The number of hydrogen-bond donors (Lipinski definition) is 0. The highest BCUT2D eigenvalue weighted by atomic mass is 35.5.